The van der Waals surface area contributed by atoms with E-state index in [2.05, 4.69) is 27.7 Å². The molecule has 0 bridgehead atoms. The minimum atomic E-state index is -1.02. The number of hydrogen-bond donors (Lipinski definition) is 3. The molecule has 11 nitrogen and oxygen atoms in total. The number of fused-ring (bicyclic) bond motifs is 1. The Kier molecular flexibility index (Phi) is 8.30. The molecule has 0 aliphatic carbocycles. The fraction of sp³-hybridized carbons (Fsp3) is 0.600. The third-order valence-electron chi connectivity index (χ3n) is 5.43. The van der Waals surface area contributed by atoms with Crippen molar-refractivity contribution in [3.63, 3.8) is 0 Å². The van der Waals surface area contributed by atoms with E-state index < -0.39 is 23.3 Å². The topological polar surface area (TPSA) is 150 Å². The lowest BCUT2D eigenvalue weighted by molar-refractivity contribution is -0.157. The second kappa shape index (κ2) is 11.0. The number of nitrogens with zero attached hydrogens (tertiary/aromatic N) is 3. The normalized spacial score (nSPS) is 24.5. The lowest BCUT2D eigenvalue weighted by atomic mass is 9.89. The molecule has 1 aromatic heterocycles. The number of anilines is 1. The molecule has 3 heterocycles. The van der Waals surface area contributed by atoms with Crippen LogP contribution in [-0.2, 0) is 24.0 Å². The molecule has 3 atom stereocenters. The van der Waals surface area contributed by atoms with Crippen LogP contribution in [0.4, 0.5) is 5.13 Å². The van der Waals surface area contributed by atoms with Crippen LogP contribution in [-0.4, -0.2) is 75.2 Å². The van der Waals surface area contributed by atoms with E-state index in [0.717, 1.165) is 37.0 Å². The van der Waals surface area contributed by atoms with Crippen molar-refractivity contribution in [1.29, 1.82) is 0 Å². The Morgan fingerprint density at radius 2 is 2.21 bits per heavy atom. The van der Waals surface area contributed by atoms with Gasteiger partial charge in [0.05, 0.1) is 5.41 Å². The molecular weight excluding hydrogens is 470 g/mol. The van der Waals surface area contributed by atoms with Gasteiger partial charge in [0.25, 0.3) is 5.91 Å². The van der Waals surface area contributed by atoms with E-state index in [-0.39, 0.29) is 29.2 Å². The van der Waals surface area contributed by atoms with Crippen LogP contribution in [0.3, 0.4) is 0 Å². The molecule has 2 fully saturated rings. The van der Waals surface area contributed by atoms with Gasteiger partial charge < -0.3 is 25.5 Å². The number of oxime groups is 1. The second-order valence-corrected chi connectivity index (χ2v) is 10.1. The monoisotopic (exact) mass is 497 g/mol. The Hall–Kier alpha value is -2.67. The molecule has 3 rings (SSSR count). The van der Waals surface area contributed by atoms with Crippen LogP contribution in [0.2, 0.25) is 0 Å². The summed E-state index contributed by atoms with van der Waals surface area (Å²) in [6, 6.07) is -0.790. The van der Waals surface area contributed by atoms with Crippen molar-refractivity contribution < 1.29 is 29.1 Å². The molecule has 0 spiro atoms. The summed E-state index contributed by atoms with van der Waals surface area (Å²) in [5.41, 5.74) is -0.899. The van der Waals surface area contributed by atoms with Crippen LogP contribution >= 0.6 is 23.1 Å². The molecule has 0 saturated carbocycles. The maximum absolute atomic E-state index is 13.0. The first-order valence-corrected chi connectivity index (χ1v) is 12.6. The van der Waals surface area contributed by atoms with Gasteiger partial charge >= 0.3 is 5.97 Å². The van der Waals surface area contributed by atoms with Gasteiger partial charge in [0.1, 0.15) is 23.7 Å². The van der Waals surface area contributed by atoms with E-state index in [1.165, 1.54) is 16.7 Å². The van der Waals surface area contributed by atoms with Gasteiger partial charge in [-0.05, 0) is 19.8 Å². The van der Waals surface area contributed by atoms with Crippen LogP contribution in [0, 0.1) is 5.41 Å². The number of aliphatic carboxylic acids is 1. The van der Waals surface area contributed by atoms with E-state index in [1.54, 1.807) is 12.3 Å². The number of aromatic nitrogens is 1. The molecule has 0 aromatic carbocycles. The highest BCUT2D eigenvalue weighted by Crippen LogP contribution is 2.41. The quantitative estimate of drug-likeness (QED) is 0.129. The molecule has 2 aliphatic heterocycles. The number of carbonyl (C=O) groups is 4. The Morgan fingerprint density at radius 1 is 1.42 bits per heavy atom. The van der Waals surface area contributed by atoms with Crippen LogP contribution in [0.5, 0.6) is 0 Å². The molecule has 33 heavy (non-hydrogen) atoms. The predicted molar refractivity (Wildman–Crippen MR) is 124 cm³/mol. The van der Waals surface area contributed by atoms with E-state index in [4.69, 9.17) is 4.84 Å². The van der Waals surface area contributed by atoms with Gasteiger partial charge in [0.2, 0.25) is 12.3 Å². The number of unbranched alkanes of at least 4 members (excludes halogenated alkanes) is 3. The summed E-state index contributed by atoms with van der Waals surface area (Å²) in [5.74, 6) is -1.59. The molecule has 13 heteroatoms. The third kappa shape index (κ3) is 5.64. The van der Waals surface area contributed by atoms with Gasteiger partial charge in [-0.1, -0.05) is 24.9 Å². The minimum absolute atomic E-state index is 0.0943. The number of amides is 3. The lowest BCUT2D eigenvalue weighted by Gasteiger charge is -2.53. The first-order chi connectivity index (χ1) is 15.8. The number of carboxylic acids is 1. The lowest BCUT2D eigenvalue weighted by Crippen LogP contribution is -2.73. The van der Waals surface area contributed by atoms with Crippen molar-refractivity contribution in [2.24, 2.45) is 10.6 Å². The van der Waals surface area contributed by atoms with E-state index in [9.17, 15) is 24.3 Å². The first kappa shape index (κ1) is 25.0. The van der Waals surface area contributed by atoms with Crippen LogP contribution in [0.15, 0.2) is 10.5 Å². The van der Waals surface area contributed by atoms with Gasteiger partial charge in [0.15, 0.2) is 10.8 Å². The second-order valence-electron chi connectivity index (χ2n) is 8.12. The molecule has 0 radical (unpaired) electrons. The third-order valence-corrected chi connectivity index (χ3v) is 7.87. The average Bonchev–Trinajstić information content (AvgIpc) is 3.25. The van der Waals surface area contributed by atoms with Gasteiger partial charge in [-0.2, -0.15) is 0 Å². The van der Waals surface area contributed by atoms with Crippen molar-refractivity contribution in [1.82, 2.24) is 15.2 Å². The SMILES string of the molecule is CCCCCCON=C(C(=O)NC1C(=O)N2CC(C)(C(=O)O)CS[C@H]12)c1csc(NC=O)n1. The minimum Gasteiger partial charge on any atom is -0.481 e. The Morgan fingerprint density at radius 3 is 2.91 bits per heavy atom. The number of hydrogen-bond acceptors (Lipinski definition) is 9. The zero-order valence-corrected chi connectivity index (χ0v) is 20.0. The van der Waals surface area contributed by atoms with Gasteiger partial charge in [-0.25, -0.2) is 4.98 Å². The fourth-order valence-electron chi connectivity index (χ4n) is 3.45. The van der Waals surface area contributed by atoms with Gasteiger partial charge in [0, 0.05) is 17.7 Å². The van der Waals surface area contributed by atoms with Crippen molar-refractivity contribution in [2.75, 3.05) is 24.2 Å². The van der Waals surface area contributed by atoms with E-state index >= 15 is 0 Å². The predicted octanol–water partition coefficient (Wildman–Crippen LogP) is 1.50. The summed E-state index contributed by atoms with van der Waals surface area (Å²) in [5, 5.41) is 20.0. The van der Waals surface area contributed by atoms with E-state index in [1.807, 2.05) is 0 Å². The van der Waals surface area contributed by atoms with E-state index in [0.29, 0.717) is 23.9 Å². The first-order valence-electron chi connectivity index (χ1n) is 10.6. The Bertz CT molecular complexity index is 938. The summed E-state index contributed by atoms with van der Waals surface area (Å²) >= 11 is 2.45. The van der Waals surface area contributed by atoms with Crippen molar-refractivity contribution >= 4 is 58.1 Å². The highest BCUT2D eigenvalue weighted by Gasteiger charge is 2.56. The molecule has 2 saturated heterocycles. The van der Waals surface area contributed by atoms with Crippen LogP contribution < -0.4 is 10.6 Å². The number of rotatable bonds is 12. The maximum Gasteiger partial charge on any atom is 0.312 e. The zero-order valence-electron chi connectivity index (χ0n) is 18.4. The molecule has 3 N–H and O–H groups in total. The number of carbonyl (C=O) groups excluding carboxylic acids is 3. The summed E-state index contributed by atoms with van der Waals surface area (Å²) in [4.78, 5) is 58.8. The molecule has 2 aliphatic rings. The highest BCUT2D eigenvalue weighted by atomic mass is 32.2. The molecule has 180 valence electrons. The Labute approximate surface area is 199 Å². The zero-order chi connectivity index (χ0) is 24.0. The molecular formula is C20H27N5O6S2. The van der Waals surface area contributed by atoms with Crippen molar-refractivity contribution in [3.05, 3.63) is 11.1 Å². The maximum atomic E-state index is 13.0. The average molecular weight is 498 g/mol. The molecule has 3 amide bonds. The van der Waals surface area contributed by atoms with Gasteiger partial charge in [-0.15, -0.1) is 23.1 Å². The Balaban J connectivity index is 1.68. The summed E-state index contributed by atoms with van der Waals surface area (Å²) < 4.78 is 0. The highest BCUT2D eigenvalue weighted by molar-refractivity contribution is 8.00. The van der Waals surface area contributed by atoms with Gasteiger partial charge in [-0.3, -0.25) is 19.2 Å². The van der Waals surface area contributed by atoms with Crippen LogP contribution in [0.25, 0.3) is 0 Å². The number of carboxylic acid groups (broad SMARTS) is 1. The number of thioether (sulfide) groups is 1. The van der Waals surface area contributed by atoms with Crippen molar-refractivity contribution in [2.45, 2.75) is 50.9 Å². The standard InChI is InChI=1S/C20H27N5O6S2/c1-3-4-5-6-7-31-24-13(12-8-32-19(22-12)21-11-26)15(27)23-14-16(28)25-9-20(2,18(29)30)10-33-17(14)25/h8,11,14,17H,3-7,9-10H2,1-2H3,(H,23,27)(H,29,30)(H,21,22,26)/t14?,17-,20?/m1/s1. The van der Waals surface area contributed by atoms with Crippen LogP contribution in [0.1, 0.15) is 45.2 Å². The summed E-state index contributed by atoms with van der Waals surface area (Å²) in [6.45, 7) is 4.14. The summed E-state index contributed by atoms with van der Waals surface area (Å²) in [7, 11) is 0. The number of β-lactam (4-membered cyclic amide) rings is 1. The largest absolute Gasteiger partial charge is 0.481 e. The molecule has 1 aromatic rings. The summed E-state index contributed by atoms with van der Waals surface area (Å²) in [6.07, 6.45) is 4.42. The number of nitrogens with one attached hydrogen (secondary N) is 2. The molecule has 2 unspecified atom stereocenters. The number of thiazole rings is 1. The van der Waals surface area contributed by atoms with Crippen molar-refractivity contribution in [3.8, 4) is 0 Å². The smallest absolute Gasteiger partial charge is 0.312 e. The fourth-order valence-corrected chi connectivity index (χ4v) is 5.59.